The van der Waals surface area contributed by atoms with Crippen LogP contribution in [0.2, 0.25) is 0 Å². The Kier molecular flexibility index (Phi) is 4.27. The van der Waals surface area contributed by atoms with Crippen LogP contribution in [0.4, 0.5) is 4.79 Å². The van der Waals surface area contributed by atoms with E-state index in [4.69, 9.17) is 5.14 Å². The predicted molar refractivity (Wildman–Crippen MR) is 64.0 cm³/mol. The molecule has 1 heterocycles. The highest BCUT2D eigenvalue weighted by Gasteiger charge is 2.30. The van der Waals surface area contributed by atoms with Crippen molar-refractivity contribution < 1.29 is 22.7 Å². The van der Waals surface area contributed by atoms with Gasteiger partial charge >= 0.3 is 12.0 Å². The van der Waals surface area contributed by atoms with Gasteiger partial charge in [0.15, 0.2) is 5.03 Å². The molecule has 1 aromatic heterocycles. The van der Waals surface area contributed by atoms with E-state index in [0.717, 1.165) is 11.1 Å². The highest BCUT2D eigenvalue weighted by Crippen LogP contribution is 2.15. The van der Waals surface area contributed by atoms with Gasteiger partial charge < -0.3 is 9.64 Å². The summed E-state index contributed by atoms with van der Waals surface area (Å²) in [4.78, 5) is 24.5. The summed E-state index contributed by atoms with van der Waals surface area (Å²) in [6.45, 7) is 1.61. The monoisotopic (exact) mass is 290 g/mol. The number of nitrogens with two attached hydrogens (primary N) is 1. The summed E-state index contributed by atoms with van der Waals surface area (Å²) in [5.41, 5.74) is -0.375. The summed E-state index contributed by atoms with van der Waals surface area (Å²) in [7, 11) is -1.50. The smallest absolute Gasteiger partial charge is 0.345 e. The first-order valence-corrected chi connectivity index (χ1v) is 6.74. The SMILES string of the molecule is CCOC(=O)c1cnn(C(=O)N(C)C)c1S(N)(=O)=O. The van der Waals surface area contributed by atoms with Crippen molar-refractivity contribution in [3.05, 3.63) is 11.8 Å². The molecule has 106 valence electrons. The molecule has 0 bridgehead atoms. The molecule has 19 heavy (non-hydrogen) atoms. The maximum Gasteiger partial charge on any atom is 0.345 e. The molecule has 0 aliphatic carbocycles. The molecule has 1 rings (SSSR count). The van der Waals surface area contributed by atoms with E-state index in [-0.39, 0.29) is 12.2 Å². The molecule has 0 spiro atoms. The zero-order valence-electron chi connectivity index (χ0n) is 10.7. The average Bonchev–Trinajstić information content (AvgIpc) is 2.72. The van der Waals surface area contributed by atoms with Gasteiger partial charge in [0.1, 0.15) is 5.56 Å². The van der Waals surface area contributed by atoms with Crippen molar-refractivity contribution in [1.29, 1.82) is 0 Å². The van der Waals surface area contributed by atoms with E-state index in [2.05, 4.69) is 9.84 Å². The van der Waals surface area contributed by atoms with Crippen LogP contribution in [-0.4, -0.2) is 55.8 Å². The Morgan fingerprint density at radius 3 is 2.47 bits per heavy atom. The number of sulfonamides is 1. The number of nitrogens with zero attached hydrogens (tertiary/aromatic N) is 3. The first kappa shape index (κ1) is 15.1. The summed E-state index contributed by atoms with van der Waals surface area (Å²) in [5, 5.41) is 7.89. The van der Waals surface area contributed by atoms with Crippen LogP contribution in [0.15, 0.2) is 11.2 Å². The lowest BCUT2D eigenvalue weighted by molar-refractivity contribution is 0.0521. The van der Waals surface area contributed by atoms with E-state index in [1.165, 1.54) is 14.1 Å². The Bertz CT molecular complexity index is 604. The van der Waals surface area contributed by atoms with Crippen LogP contribution >= 0.6 is 0 Å². The lowest BCUT2D eigenvalue weighted by Gasteiger charge is -2.11. The molecular weight excluding hydrogens is 276 g/mol. The number of carbonyl (C=O) groups is 2. The second-order valence-electron chi connectivity index (χ2n) is 3.72. The molecule has 0 fully saturated rings. The number of rotatable bonds is 3. The van der Waals surface area contributed by atoms with Gasteiger partial charge in [-0.1, -0.05) is 0 Å². The zero-order chi connectivity index (χ0) is 14.8. The van der Waals surface area contributed by atoms with Gasteiger partial charge in [-0.05, 0) is 6.92 Å². The molecule has 9 nitrogen and oxygen atoms in total. The van der Waals surface area contributed by atoms with E-state index < -0.39 is 27.0 Å². The third kappa shape index (κ3) is 3.09. The minimum atomic E-state index is -4.31. The van der Waals surface area contributed by atoms with Gasteiger partial charge in [0.25, 0.3) is 10.0 Å². The van der Waals surface area contributed by atoms with Crippen molar-refractivity contribution in [2.24, 2.45) is 5.14 Å². The first-order valence-electron chi connectivity index (χ1n) is 5.19. The molecule has 0 aromatic carbocycles. The summed E-state index contributed by atoms with van der Waals surface area (Å²) >= 11 is 0. The second kappa shape index (κ2) is 5.36. The van der Waals surface area contributed by atoms with Gasteiger partial charge in [-0.15, -0.1) is 0 Å². The molecule has 0 aliphatic heterocycles. The predicted octanol–water partition coefficient (Wildman–Crippen LogP) is -0.763. The minimum absolute atomic E-state index is 0.0513. The second-order valence-corrected chi connectivity index (χ2v) is 5.19. The molecule has 0 atom stereocenters. The molecule has 0 aliphatic rings. The van der Waals surface area contributed by atoms with Crippen LogP contribution in [-0.2, 0) is 14.8 Å². The molecule has 0 saturated carbocycles. The number of ether oxygens (including phenoxy) is 1. The zero-order valence-corrected chi connectivity index (χ0v) is 11.5. The van der Waals surface area contributed by atoms with Crippen LogP contribution in [0, 0.1) is 0 Å². The summed E-state index contributed by atoms with van der Waals surface area (Å²) < 4.78 is 28.2. The molecule has 1 aromatic rings. The van der Waals surface area contributed by atoms with E-state index in [1.54, 1.807) is 6.92 Å². The summed E-state index contributed by atoms with van der Waals surface area (Å²) in [6, 6.07) is -0.750. The Morgan fingerprint density at radius 2 is 2.05 bits per heavy atom. The van der Waals surface area contributed by atoms with Crippen LogP contribution in [0.1, 0.15) is 17.3 Å². The van der Waals surface area contributed by atoms with Crippen molar-refractivity contribution in [3.8, 4) is 0 Å². The Morgan fingerprint density at radius 1 is 1.47 bits per heavy atom. The summed E-state index contributed by atoms with van der Waals surface area (Å²) in [5.74, 6) is -0.913. The van der Waals surface area contributed by atoms with E-state index >= 15 is 0 Å². The van der Waals surface area contributed by atoms with Gasteiger partial charge in [0.2, 0.25) is 0 Å². The van der Waals surface area contributed by atoms with Gasteiger partial charge in [-0.25, -0.2) is 23.1 Å². The highest BCUT2D eigenvalue weighted by molar-refractivity contribution is 7.89. The number of carbonyl (C=O) groups excluding carboxylic acids is 2. The maximum absolute atomic E-state index is 11.8. The van der Waals surface area contributed by atoms with Crippen molar-refractivity contribution >= 4 is 22.0 Å². The van der Waals surface area contributed by atoms with E-state index in [0.29, 0.717) is 4.68 Å². The van der Waals surface area contributed by atoms with Crippen molar-refractivity contribution in [1.82, 2.24) is 14.7 Å². The Balaban J connectivity index is 3.45. The number of amides is 1. The molecule has 0 unspecified atom stereocenters. The third-order valence-electron chi connectivity index (χ3n) is 2.05. The van der Waals surface area contributed by atoms with Gasteiger partial charge in [-0.2, -0.15) is 9.78 Å². The normalized spacial score (nSPS) is 11.2. The Hall–Kier alpha value is -1.94. The van der Waals surface area contributed by atoms with Gasteiger partial charge in [0, 0.05) is 14.1 Å². The van der Waals surface area contributed by atoms with Gasteiger partial charge in [-0.3, -0.25) is 0 Å². The number of aromatic nitrogens is 2. The van der Waals surface area contributed by atoms with Crippen molar-refractivity contribution in [2.45, 2.75) is 11.9 Å². The van der Waals surface area contributed by atoms with Crippen molar-refractivity contribution in [3.63, 3.8) is 0 Å². The highest BCUT2D eigenvalue weighted by atomic mass is 32.2. The van der Waals surface area contributed by atoms with Gasteiger partial charge in [0.05, 0.1) is 12.8 Å². The molecule has 2 N–H and O–H groups in total. The first-order chi connectivity index (χ1) is 8.70. The fourth-order valence-electron chi connectivity index (χ4n) is 1.29. The standard InChI is InChI=1S/C9H14N4O5S/c1-4-18-8(14)6-5-11-13(9(15)12(2)3)7(6)19(10,16)17/h5H,4H2,1-3H3,(H2,10,16,17). The lowest BCUT2D eigenvalue weighted by atomic mass is 10.4. The third-order valence-corrected chi connectivity index (χ3v) is 2.99. The van der Waals surface area contributed by atoms with E-state index in [1.807, 2.05) is 0 Å². The molecular formula is C9H14N4O5S. The van der Waals surface area contributed by atoms with Crippen LogP contribution in [0.5, 0.6) is 0 Å². The fraction of sp³-hybridized carbons (Fsp3) is 0.444. The Labute approximate surface area is 110 Å². The number of esters is 1. The maximum atomic E-state index is 11.8. The quantitative estimate of drug-likeness (QED) is 0.729. The van der Waals surface area contributed by atoms with Crippen LogP contribution in [0.3, 0.4) is 0 Å². The molecule has 1 amide bonds. The average molecular weight is 290 g/mol. The minimum Gasteiger partial charge on any atom is -0.462 e. The largest absolute Gasteiger partial charge is 0.462 e. The van der Waals surface area contributed by atoms with Crippen molar-refractivity contribution in [2.75, 3.05) is 20.7 Å². The fourth-order valence-corrected chi connectivity index (χ4v) is 2.09. The molecule has 0 saturated heterocycles. The molecule has 0 radical (unpaired) electrons. The van der Waals surface area contributed by atoms with Crippen LogP contribution in [0.25, 0.3) is 0 Å². The topological polar surface area (TPSA) is 125 Å². The van der Waals surface area contributed by atoms with E-state index in [9.17, 15) is 18.0 Å². The lowest BCUT2D eigenvalue weighted by Crippen LogP contribution is -2.32. The number of primary sulfonamides is 1. The number of hydrogen-bond acceptors (Lipinski definition) is 6. The van der Waals surface area contributed by atoms with Crippen LogP contribution < -0.4 is 5.14 Å². The number of hydrogen-bond donors (Lipinski definition) is 1. The summed E-state index contributed by atoms with van der Waals surface area (Å²) in [6.07, 6.45) is 0.930. The molecule has 10 heteroatoms.